The average molecular weight is 456 g/mol. The van der Waals surface area contributed by atoms with Crippen molar-refractivity contribution in [3.05, 3.63) is 95.4 Å². The van der Waals surface area contributed by atoms with Crippen molar-refractivity contribution in [1.82, 2.24) is 14.8 Å². The van der Waals surface area contributed by atoms with Gasteiger partial charge in [0.25, 0.3) is 11.8 Å². The minimum absolute atomic E-state index is 0.163. The Labute approximate surface area is 198 Å². The van der Waals surface area contributed by atoms with E-state index in [-0.39, 0.29) is 25.2 Å². The molecule has 0 saturated carbocycles. The van der Waals surface area contributed by atoms with E-state index < -0.39 is 0 Å². The molecule has 2 aliphatic heterocycles. The van der Waals surface area contributed by atoms with Crippen molar-refractivity contribution >= 4 is 17.4 Å². The Hall–Kier alpha value is -4.13. The Morgan fingerprint density at radius 2 is 1.68 bits per heavy atom. The Morgan fingerprint density at radius 3 is 2.44 bits per heavy atom. The van der Waals surface area contributed by atoms with Gasteiger partial charge in [0.1, 0.15) is 5.70 Å². The van der Waals surface area contributed by atoms with Crippen LogP contribution in [0.4, 0.5) is 0 Å². The molecule has 172 valence electrons. The van der Waals surface area contributed by atoms with Crippen molar-refractivity contribution < 1.29 is 19.1 Å². The molecule has 0 fully saturated rings. The zero-order valence-corrected chi connectivity index (χ0v) is 18.9. The molecule has 1 aromatic heterocycles. The van der Waals surface area contributed by atoms with Crippen LogP contribution in [0.5, 0.6) is 11.5 Å². The standard InChI is InChI=1S/C27H25N3O4/c1-2-29(15-12-19-10-13-28-14-11-19)25-24(21-6-4-3-5-7-21)26(31)30(27(25)32)17-20-8-9-22-23(16-20)34-18-33-22/h3-11,13-14,16H,2,12,15,17-18H2,1H3. The molecule has 7 nitrogen and oxygen atoms in total. The van der Waals surface area contributed by atoms with E-state index in [9.17, 15) is 9.59 Å². The molecule has 3 aromatic rings. The minimum Gasteiger partial charge on any atom is -0.454 e. The van der Waals surface area contributed by atoms with E-state index in [0.29, 0.717) is 35.9 Å². The number of nitrogens with zero attached hydrogens (tertiary/aromatic N) is 3. The number of carbonyl (C=O) groups is 2. The first kappa shape index (κ1) is 21.7. The molecule has 0 aliphatic carbocycles. The van der Waals surface area contributed by atoms with Crippen LogP contribution in [0, 0.1) is 0 Å². The minimum atomic E-state index is -0.286. The number of hydrogen-bond donors (Lipinski definition) is 0. The van der Waals surface area contributed by atoms with Crippen molar-refractivity contribution in [3.63, 3.8) is 0 Å². The Bertz CT molecular complexity index is 1240. The number of imide groups is 1. The van der Waals surface area contributed by atoms with Gasteiger partial charge in [0, 0.05) is 25.5 Å². The van der Waals surface area contributed by atoms with Gasteiger partial charge in [-0.2, -0.15) is 0 Å². The Kier molecular flexibility index (Phi) is 5.99. The highest BCUT2D eigenvalue weighted by Gasteiger charge is 2.41. The predicted octanol–water partition coefficient (Wildman–Crippen LogP) is 3.66. The molecule has 34 heavy (non-hydrogen) atoms. The normalized spacial score (nSPS) is 14.8. The van der Waals surface area contributed by atoms with Crippen LogP contribution in [-0.2, 0) is 22.6 Å². The maximum atomic E-state index is 13.7. The van der Waals surface area contributed by atoms with E-state index in [1.807, 2.05) is 72.5 Å². The number of carbonyl (C=O) groups excluding carboxylic acids is 2. The summed E-state index contributed by atoms with van der Waals surface area (Å²) in [5.74, 6) is 0.727. The van der Waals surface area contributed by atoms with Gasteiger partial charge in [-0.05, 0) is 54.3 Å². The topological polar surface area (TPSA) is 72.0 Å². The number of ether oxygens (including phenoxy) is 2. The van der Waals surface area contributed by atoms with E-state index in [1.165, 1.54) is 4.90 Å². The van der Waals surface area contributed by atoms with Gasteiger partial charge in [0.05, 0.1) is 12.1 Å². The fourth-order valence-electron chi connectivity index (χ4n) is 4.33. The summed E-state index contributed by atoms with van der Waals surface area (Å²) in [4.78, 5) is 34.7. The lowest BCUT2D eigenvalue weighted by Gasteiger charge is -2.25. The Morgan fingerprint density at radius 1 is 0.912 bits per heavy atom. The number of benzene rings is 2. The first-order valence-corrected chi connectivity index (χ1v) is 11.3. The lowest BCUT2D eigenvalue weighted by molar-refractivity contribution is -0.138. The van der Waals surface area contributed by atoms with E-state index >= 15 is 0 Å². The third-order valence-corrected chi connectivity index (χ3v) is 6.10. The van der Waals surface area contributed by atoms with Gasteiger partial charge >= 0.3 is 0 Å². The third-order valence-electron chi connectivity index (χ3n) is 6.10. The van der Waals surface area contributed by atoms with E-state index in [1.54, 1.807) is 12.4 Å². The van der Waals surface area contributed by atoms with Crippen LogP contribution >= 0.6 is 0 Å². The number of fused-ring (bicyclic) bond motifs is 1. The van der Waals surface area contributed by atoms with Crippen molar-refractivity contribution in [2.45, 2.75) is 19.9 Å². The molecule has 2 aliphatic rings. The summed E-state index contributed by atoms with van der Waals surface area (Å²) in [6.45, 7) is 3.56. The van der Waals surface area contributed by atoms with Gasteiger partial charge in [-0.15, -0.1) is 0 Å². The van der Waals surface area contributed by atoms with Gasteiger partial charge in [0.2, 0.25) is 6.79 Å². The number of aromatic nitrogens is 1. The second-order valence-corrected chi connectivity index (χ2v) is 8.16. The fraction of sp³-hybridized carbons (Fsp3) is 0.222. The van der Waals surface area contributed by atoms with E-state index in [4.69, 9.17) is 9.47 Å². The summed E-state index contributed by atoms with van der Waals surface area (Å²) in [6.07, 6.45) is 4.26. The monoisotopic (exact) mass is 455 g/mol. The molecule has 5 rings (SSSR count). The maximum absolute atomic E-state index is 13.7. The molecule has 3 heterocycles. The highest BCUT2D eigenvalue weighted by molar-refractivity contribution is 6.35. The lowest BCUT2D eigenvalue weighted by Crippen LogP contribution is -2.35. The summed E-state index contributed by atoms with van der Waals surface area (Å²) in [6, 6.07) is 18.8. The molecule has 0 radical (unpaired) electrons. The number of amides is 2. The van der Waals surface area contributed by atoms with Gasteiger partial charge in [-0.3, -0.25) is 19.5 Å². The van der Waals surface area contributed by atoms with Crippen LogP contribution in [0.2, 0.25) is 0 Å². The maximum Gasteiger partial charge on any atom is 0.278 e. The van der Waals surface area contributed by atoms with E-state index in [0.717, 1.165) is 23.1 Å². The highest BCUT2D eigenvalue weighted by Crippen LogP contribution is 2.35. The van der Waals surface area contributed by atoms with Crippen molar-refractivity contribution in [3.8, 4) is 11.5 Å². The van der Waals surface area contributed by atoms with Gasteiger partial charge in [0.15, 0.2) is 11.5 Å². The number of pyridine rings is 1. The van der Waals surface area contributed by atoms with Crippen LogP contribution in [0.1, 0.15) is 23.6 Å². The third kappa shape index (κ3) is 4.12. The first-order valence-electron chi connectivity index (χ1n) is 11.3. The molecule has 0 N–H and O–H groups in total. The molecule has 2 aromatic carbocycles. The van der Waals surface area contributed by atoms with Crippen molar-refractivity contribution in [1.29, 1.82) is 0 Å². The molecule has 0 unspecified atom stereocenters. The van der Waals surface area contributed by atoms with Crippen LogP contribution in [0.15, 0.2) is 78.8 Å². The van der Waals surface area contributed by atoms with Crippen LogP contribution < -0.4 is 9.47 Å². The predicted molar refractivity (Wildman–Crippen MR) is 127 cm³/mol. The molecular weight excluding hydrogens is 430 g/mol. The van der Waals surface area contributed by atoms with Crippen molar-refractivity contribution in [2.75, 3.05) is 19.9 Å². The second kappa shape index (κ2) is 9.39. The van der Waals surface area contributed by atoms with Crippen LogP contribution in [-0.4, -0.2) is 46.5 Å². The van der Waals surface area contributed by atoms with Crippen LogP contribution in [0.3, 0.4) is 0 Å². The zero-order valence-electron chi connectivity index (χ0n) is 18.9. The molecule has 0 atom stereocenters. The summed E-state index contributed by atoms with van der Waals surface area (Å²) in [7, 11) is 0. The first-order chi connectivity index (χ1) is 16.7. The smallest absolute Gasteiger partial charge is 0.278 e. The quantitative estimate of drug-likeness (QED) is 0.483. The SMILES string of the molecule is CCN(CCc1ccncc1)C1=C(c2ccccc2)C(=O)N(Cc2ccc3c(c2)OCO3)C1=O. The Balaban J connectivity index is 1.46. The second-order valence-electron chi connectivity index (χ2n) is 8.16. The van der Waals surface area contributed by atoms with Gasteiger partial charge in [-0.25, -0.2) is 0 Å². The molecule has 0 saturated heterocycles. The summed E-state index contributed by atoms with van der Waals surface area (Å²) in [5, 5.41) is 0. The van der Waals surface area contributed by atoms with Crippen LogP contribution in [0.25, 0.3) is 5.57 Å². The number of rotatable bonds is 8. The van der Waals surface area contributed by atoms with E-state index in [2.05, 4.69) is 4.98 Å². The largest absolute Gasteiger partial charge is 0.454 e. The van der Waals surface area contributed by atoms with Gasteiger partial charge < -0.3 is 14.4 Å². The van der Waals surface area contributed by atoms with Gasteiger partial charge in [-0.1, -0.05) is 36.4 Å². The molecule has 0 bridgehead atoms. The number of likely N-dealkylation sites (N-methyl/N-ethyl adjacent to an activating group) is 1. The number of hydrogen-bond acceptors (Lipinski definition) is 6. The lowest BCUT2D eigenvalue weighted by atomic mass is 10.0. The summed E-state index contributed by atoms with van der Waals surface area (Å²) in [5.41, 5.74) is 3.58. The molecule has 7 heteroatoms. The highest BCUT2D eigenvalue weighted by atomic mass is 16.7. The fourth-order valence-corrected chi connectivity index (χ4v) is 4.33. The molecule has 2 amide bonds. The zero-order chi connectivity index (χ0) is 23.5. The summed E-state index contributed by atoms with van der Waals surface area (Å²) < 4.78 is 10.8. The van der Waals surface area contributed by atoms with Crippen molar-refractivity contribution in [2.24, 2.45) is 0 Å². The summed E-state index contributed by atoms with van der Waals surface area (Å²) >= 11 is 0. The molecular formula is C27H25N3O4. The molecule has 0 spiro atoms. The average Bonchev–Trinajstić information content (AvgIpc) is 3.44.